The van der Waals surface area contributed by atoms with Crippen LogP contribution in [-0.2, 0) is 19.1 Å². The SMILES string of the molecule is CCOC(=O)[C@@H](C(C)=O)[C@H](NC(C)=O)c1ccc(Cl)cc1. The molecule has 0 spiro atoms. The van der Waals surface area contributed by atoms with Crippen LogP contribution in [0.4, 0.5) is 0 Å². The minimum atomic E-state index is -1.09. The summed E-state index contributed by atoms with van der Waals surface area (Å²) < 4.78 is 4.94. The molecule has 0 saturated heterocycles. The topological polar surface area (TPSA) is 72.5 Å². The Labute approximate surface area is 128 Å². The summed E-state index contributed by atoms with van der Waals surface area (Å²) in [6.07, 6.45) is 0. The Bertz CT molecular complexity index is 527. The van der Waals surface area contributed by atoms with Gasteiger partial charge in [-0.2, -0.15) is 0 Å². The van der Waals surface area contributed by atoms with Crippen molar-refractivity contribution < 1.29 is 19.1 Å². The second kappa shape index (κ2) is 7.78. The zero-order valence-corrected chi connectivity index (χ0v) is 12.9. The number of carbonyl (C=O) groups excluding carboxylic acids is 3. The van der Waals surface area contributed by atoms with E-state index in [0.29, 0.717) is 10.6 Å². The second-order valence-electron chi connectivity index (χ2n) is 4.57. The van der Waals surface area contributed by atoms with Crippen LogP contribution in [0.5, 0.6) is 0 Å². The Morgan fingerprint density at radius 3 is 2.19 bits per heavy atom. The van der Waals surface area contributed by atoms with Crippen molar-refractivity contribution >= 4 is 29.3 Å². The molecule has 0 bridgehead atoms. The minimum absolute atomic E-state index is 0.163. The Morgan fingerprint density at radius 2 is 1.76 bits per heavy atom. The number of ether oxygens (including phenoxy) is 1. The molecule has 0 aliphatic heterocycles. The summed E-state index contributed by atoms with van der Waals surface area (Å²) in [4.78, 5) is 35.3. The van der Waals surface area contributed by atoms with Gasteiger partial charge in [0.1, 0.15) is 11.7 Å². The fraction of sp³-hybridized carbons (Fsp3) is 0.400. The van der Waals surface area contributed by atoms with Gasteiger partial charge in [-0.05, 0) is 31.5 Å². The van der Waals surface area contributed by atoms with Gasteiger partial charge in [-0.3, -0.25) is 14.4 Å². The molecule has 0 unspecified atom stereocenters. The summed E-state index contributed by atoms with van der Waals surface area (Å²) in [6, 6.07) is 5.81. The first-order valence-corrected chi connectivity index (χ1v) is 6.94. The standard InChI is InChI=1S/C15H18ClNO4/c1-4-21-15(20)13(9(2)18)14(17-10(3)19)11-5-7-12(16)8-6-11/h5-8,13-14H,4H2,1-3H3,(H,17,19)/t13-,14+/m0/s1. The number of hydrogen-bond acceptors (Lipinski definition) is 4. The molecule has 5 nitrogen and oxygen atoms in total. The summed E-state index contributed by atoms with van der Waals surface area (Å²) in [5.74, 6) is -2.46. The molecule has 6 heteroatoms. The molecule has 0 fully saturated rings. The molecule has 0 aliphatic carbocycles. The monoisotopic (exact) mass is 311 g/mol. The Balaban J connectivity index is 3.19. The molecular formula is C15H18ClNO4. The van der Waals surface area contributed by atoms with Crippen LogP contribution in [0, 0.1) is 5.92 Å². The third-order valence-electron chi connectivity index (χ3n) is 2.90. The molecule has 0 aliphatic rings. The highest BCUT2D eigenvalue weighted by molar-refractivity contribution is 6.30. The summed E-state index contributed by atoms with van der Waals surface area (Å²) in [5.41, 5.74) is 0.614. The lowest BCUT2D eigenvalue weighted by atomic mass is 9.90. The smallest absolute Gasteiger partial charge is 0.318 e. The van der Waals surface area contributed by atoms with Crippen LogP contribution in [0.3, 0.4) is 0 Å². The van der Waals surface area contributed by atoms with Gasteiger partial charge in [0.25, 0.3) is 0 Å². The molecule has 1 aromatic rings. The molecule has 0 aromatic heterocycles. The first-order valence-electron chi connectivity index (χ1n) is 6.56. The molecule has 1 amide bonds. The molecule has 0 saturated carbocycles. The van der Waals surface area contributed by atoms with Gasteiger partial charge in [-0.25, -0.2) is 0 Å². The third-order valence-corrected chi connectivity index (χ3v) is 3.15. The van der Waals surface area contributed by atoms with E-state index in [9.17, 15) is 14.4 Å². The first-order chi connectivity index (χ1) is 9.86. The average molecular weight is 312 g/mol. The van der Waals surface area contributed by atoms with Crippen molar-refractivity contribution in [2.24, 2.45) is 5.92 Å². The maximum atomic E-state index is 12.0. The highest BCUT2D eigenvalue weighted by Gasteiger charge is 2.35. The van der Waals surface area contributed by atoms with Crippen molar-refractivity contribution in [2.75, 3.05) is 6.61 Å². The molecule has 2 atom stereocenters. The molecule has 0 radical (unpaired) electrons. The van der Waals surface area contributed by atoms with E-state index in [1.54, 1.807) is 31.2 Å². The second-order valence-corrected chi connectivity index (χ2v) is 5.01. The lowest BCUT2D eigenvalue weighted by Crippen LogP contribution is -2.40. The van der Waals surface area contributed by atoms with Gasteiger partial charge < -0.3 is 10.1 Å². The van der Waals surface area contributed by atoms with Gasteiger partial charge in [0.15, 0.2) is 0 Å². The number of hydrogen-bond donors (Lipinski definition) is 1. The number of rotatable bonds is 6. The number of benzene rings is 1. The van der Waals surface area contributed by atoms with Crippen LogP contribution in [0.25, 0.3) is 0 Å². The Hall–Kier alpha value is -1.88. The summed E-state index contributed by atoms with van der Waals surface area (Å²) in [7, 11) is 0. The van der Waals surface area contributed by atoms with Gasteiger partial charge in [-0.15, -0.1) is 0 Å². The lowest BCUT2D eigenvalue weighted by molar-refractivity contribution is -0.152. The Morgan fingerprint density at radius 1 is 1.19 bits per heavy atom. The summed E-state index contributed by atoms with van der Waals surface area (Å²) in [5, 5.41) is 3.16. The van der Waals surface area contributed by atoms with Gasteiger partial charge >= 0.3 is 5.97 Å². The van der Waals surface area contributed by atoms with E-state index in [4.69, 9.17) is 16.3 Å². The zero-order chi connectivity index (χ0) is 16.0. The van der Waals surface area contributed by atoms with Crippen LogP contribution in [0.1, 0.15) is 32.4 Å². The molecule has 21 heavy (non-hydrogen) atoms. The van der Waals surface area contributed by atoms with E-state index < -0.39 is 17.9 Å². The van der Waals surface area contributed by atoms with E-state index in [-0.39, 0.29) is 18.3 Å². The number of esters is 1. The molecule has 1 rings (SSSR count). The number of Topliss-reactive ketones (excluding diaryl/α,β-unsaturated/α-hetero) is 1. The number of amides is 1. The maximum Gasteiger partial charge on any atom is 0.318 e. The van der Waals surface area contributed by atoms with Crippen LogP contribution < -0.4 is 5.32 Å². The number of nitrogens with one attached hydrogen (secondary N) is 1. The normalized spacial score (nSPS) is 13.1. The summed E-state index contributed by atoms with van der Waals surface area (Å²) >= 11 is 5.83. The molecule has 114 valence electrons. The van der Waals surface area contributed by atoms with Crippen molar-refractivity contribution in [3.8, 4) is 0 Å². The Kier molecular flexibility index (Phi) is 6.37. The number of ketones is 1. The predicted molar refractivity (Wildman–Crippen MR) is 78.8 cm³/mol. The molecule has 1 aromatic carbocycles. The van der Waals surface area contributed by atoms with E-state index in [0.717, 1.165) is 0 Å². The van der Waals surface area contributed by atoms with Crippen LogP contribution in [0.2, 0.25) is 5.02 Å². The van der Waals surface area contributed by atoms with Crippen LogP contribution in [0.15, 0.2) is 24.3 Å². The first kappa shape index (κ1) is 17.2. The quantitative estimate of drug-likeness (QED) is 0.646. The van der Waals surface area contributed by atoms with E-state index >= 15 is 0 Å². The fourth-order valence-corrected chi connectivity index (χ4v) is 2.14. The van der Waals surface area contributed by atoms with E-state index in [1.807, 2.05) is 0 Å². The highest BCUT2D eigenvalue weighted by atomic mass is 35.5. The van der Waals surface area contributed by atoms with E-state index in [1.165, 1.54) is 13.8 Å². The van der Waals surface area contributed by atoms with Crippen molar-refractivity contribution in [2.45, 2.75) is 26.8 Å². The molecule has 0 heterocycles. The van der Waals surface area contributed by atoms with Crippen molar-refractivity contribution in [1.29, 1.82) is 0 Å². The van der Waals surface area contributed by atoms with Crippen molar-refractivity contribution in [3.63, 3.8) is 0 Å². The lowest BCUT2D eigenvalue weighted by Gasteiger charge is -2.24. The maximum absolute atomic E-state index is 12.0. The number of halogens is 1. The molecule has 1 N–H and O–H groups in total. The van der Waals surface area contributed by atoms with Crippen molar-refractivity contribution in [3.05, 3.63) is 34.9 Å². The highest BCUT2D eigenvalue weighted by Crippen LogP contribution is 2.26. The predicted octanol–water partition coefficient (Wildman–Crippen LogP) is 2.29. The van der Waals surface area contributed by atoms with Gasteiger partial charge in [0.05, 0.1) is 12.6 Å². The van der Waals surface area contributed by atoms with Gasteiger partial charge in [0.2, 0.25) is 5.91 Å². The minimum Gasteiger partial charge on any atom is -0.465 e. The third kappa shape index (κ3) is 4.86. The fourth-order valence-electron chi connectivity index (χ4n) is 2.02. The summed E-state index contributed by atoms with van der Waals surface area (Å²) in [6.45, 7) is 4.44. The van der Waals surface area contributed by atoms with Gasteiger partial charge in [0, 0.05) is 11.9 Å². The average Bonchev–Trinajstić information content (AvgIpc) is 2.38. The van der Waals surface area contributed by atoms with Crippen LogP contribution in [-0.4, -0.2) is 24.3 Å². The number of carbonyl (C=O) groups is 3. The zero-order valence-electron chi connectivity index (χ0n) is 12.2. The van der Waals surface area contributed by atoms with E-state index in [2.05, 4.69) is 5.32 Å². The van der Waals surface area contributed by atoms with Crippen molar-refractivity contribution in [1.82, 2.24) is 5.32 Å². The molecular weight excluding hydrogens is 294 g/mol. The van der Waals surface area contributed by atoms with Crippen LogP contribution >= 0.6 is 11.6 Å². The van der Waals surface area contributed by atoms with Gasteiger partial charge in [-0.1, -0.05) is 23.7 Å². The largest absolute Gasteiger partial charge is 0.465 e.